The van der Waals surface area contributed by atoms with Crippen LogP contribution in [0.25, 0.3) is 0 Å². The molecule has 0 radical (unpaired) electrons. The number of amides is 1. The van der Waals surface area contributed by atoms with Crippen molar-refractivity contribution in [2.75, 3.05) is 5.32 Å². The lowest BCUT2D eigenvalue weighted by Crippen LogP contribution is -2.08. The molecule has 0 aliphatic heterocycles. The van der Waals surface area contributed by atoms with Gasteiger partial charge < -0.3 is 5.32 Å². The SMILES string of the molecule is C=CC(=O)Nc1cccc(S(=O)(=O)c2ccc(C(C)CC)cc2)c1. The van der Waals surface area contributed by atoms with Crippen LogP contribution < -0.4 is 5.32 Å². The normalized spacial score (nSPS) is 12.4. The van der Waals surface area contributed by atoms with Crippen LogP contribution in [0.1, 0.15) is 31.7 Å². The van der Waals surface area contributed by atoms with E-state index in [4.69, 9.17) is 0 Å². The Hall–Kier alpha value is -2.40. The largest absolute Gasteiger partial charge is 0.322 e. The monoisotopic (exact) mass is 343 g/mol. The highest BCUT2D eigenvalue weighted by Crippen LogP contribution is 2.26. The van der Waals surface area contributed by atoms with Crippen molar-refractivity contribution in [3.8, 4) is 0 Å². The average Bonchev–Trinajstić information content (AvgIpc) is 2.61. The standard InChI is InChI=1S/C19H21NO3S/c1-4-14(3)15-9-11-17(12-10-15)24(22,23)18-8-6-7-16(13-18)20-19(21)5-2/h5-14H,2,4H2,1,3H3,(H,20,21). The van der Waals surface area contributed by atoms with Gasteiger partial charge in [-0.15, -0.1) is 0 Å². The molecule has 0 heterocycles. The van der Waals surface area contributed by atoms with Gasteiger partial charge in [-0.1, -0.05) is 38.6 Å². The number of sulfone groups is 1. The van der Waals surface area contributed by atoms with Gasteiger partial charge in [-0.05, 0) is 54.3 Å². The lowest BCUT2D eigenvalue weighted by Gasteiger charge is -2.11. The molecule has 2 rings (SSSR count). The highest BCUT2D eigenvalue weighted by molar-refractivity contribution is 7.91. The lowest BCUT2D eigenvalue weighted by atomic mass is 9.99. The van der Waals surface area contributed by atoms with Crippen molar-refractivity contribution in [3.63, 3.8) is 0 Å². The molecule has 0 aliphatic rings. The first kappa shape index (κ1) is 17.9. The Morgan fingerprint density at radius 3 is 2.42 bits per heavy atom. The molecule has 0 spiro atoms. The number of nitrogens with one attached hydrogen (secondary N) is 1. The maximum Gasteiger partial charge on any atom is 0.247 e. The van der Waals surface area contributed by atoms with Gasteiger partial charge in [-0.25, -0.2) is 8.42 Å². The maximum absolute atomic E-state index is 12.8. The van der Waals surface area contributed by atoms with Gasteiger partial charge >= 0.3 is 0 Å². The molecule has 4 nitrogen and oxygen atoms in total. The third-order valence-electron chi connectivity index (χ3n) is 3.97. The first-order chi connectivity index (χ1) is 11.4. The molecule has 2 aromatic carbocycles. The molecule has 126 valence electrons. The van der Waals surface area contributed by atoms with Crippen LogP contribution in [-0.2, 0) is 14.6 Å². The van der Waals surface area contributed by atoms with Crippen LogP contribution in [-0.4, -0.2) is 14.3 Å². The van der Waals surface area contributed by atoms with E-state index in [1.807, 2.05) is 12.1 Å². The maximum atomic E-state index is 12.8. The highest BCUT2D eigenvalue weighted by Gasteiger charge is 2.18. The Bertz CT molecular complexity index is 839. The van der Waals surface area contributed by atoms with Gasteiger partial charge in [0.1, 0.15) is 0 Å². The minimum absolute atomic E-state index is 0.139. The summed E-state index contributed by atoms with van der Waals surface area (Å²) in [5.41, 5.74) is 1.53. The summed E-state index contributed by atoms with van der Waals surface area (Å²) in [6.07, 6.45) is 2.13. The van der Waals surface area contributed by atoms with Gasteiger partial charge in [0.15, 0.2) is 0 Å². The summed E-state index contributed by atoms with van der Waals surface area (Å²) in [6, 6.07) is 13.2. The topological polar surface area (TPSA) is 63.2 Å². The quantitative estimate of drug-likeness (QED) is 0.801. The fourth-order valence-corrected chi connectivity index (χ4v) is 3.59. The lowest BCUT2D eigenvalue weighted by molar-refractivity contribution is -0.111. The molecular formula is C19H21NO3S. The summed E-state index contributed by atoms with van der Waals surface area (Å²) < 4.78 is 25.5. The first-order valence-electron chi connectivity index (χ1n) is 7.77. The second-order valence-corrected chi connectivity index (χ2v) is 7.55. The number of hydrogen-bond donors (Lipinski definition) is 1. The Kier molecular flexibility index (Phi) is 5.57. The predicted molar refractivity (Wildman–Crippen MR) is 95.9 cm³/mol. The Labute approximate surface area is 143 Å². The van der Waals surface area contributed by atoms with Gasteiger partial charge in [-0.3, -0.25) is 4.79 Å². The second-order valence-electron chi connectivity index (χ2n) is 5.60. The molecule has 1 N–H and O–H groups in total. The fraction of sp³-hybridized carbons (Fsp3) is 0.211. The third kappa shape index (κ3) is 3.92. The first-order valence-corrected chi connectivity index (χ1v) is 9.25. The molecule has 1 atom stereocenters. The number of benzene rings is 2. The fourth-order valence-electron chi connectivity index (χ4n) is 2.28. The van der Waals surface area contributed by atoms with Crippen LogP contribution in [0.15, 0.2) is 71.0 Å². The number of carbonyl (C=O) groups excluding carboxylic acids is 1. The van der Waals surface area contributed by atoms with E-state index in [9.17, 15) is 13.2 Å². The molecule has 2 aromatic rings. The van der Waals surface area contributed by atoms with Gasteiger partial charge in [0.25, 0.3) is 0 Å². The summed E-state index contributed by atoms with van der Waals surface area (Å²) in [7, 11) is -3.63. The predicted octanol–water partition coefficient (Wildman–Crippen LogP) is 4.16. The van der Waals surface area contributed by atoms with E-state index in [0.29, 0.717) is 11.6 Å². The number of anilines is 1. The number of carbonyl (C=O) groups is 1. The van der Waals surface area contributed by atoms with E-state index < -0.39 is 9.84 Å². The molecule has 0 aromatic heterocycles. The molecule has 5 heteroatoms. The molecule has 24 heavy (non-hydrogen) atoms. The van der Waals surface area contributed by atoms with Gasteiger partial charge in [0, 0.05) is 5.69 Å². The van der Waals surface area contributed by atoms with Crippen LogP contribution in [0, 0.1) is 0 Å². The van der Waals surface area contributed by atoms with Crippen molar-refractivity contribution in [3.05, 3.63) is 66.7 Å². The molecule has 0 bridgehead atoms. The summed E-state index contributed by atoms with van der Waals surface area (Å²) >= 11 is 0. The summed E-state index contributed by atoms with van der Waals surface area (Å²) in [5.74, 6) is 0.00153. The van der Waals surface area contributed by atoms with Crippen molar-refractivity contribution in [2.24, 2.45) is 0 Å². The molecule has 0 aliphatic carbocycles. The van der Waals surface area contributed by atoms with Crippen LogP contribution in [0.3, 0.4) is 0 Å². The number of hydrogen-bond acceptors (Lipinski definition) is 3. The minimum Gasteiger partial charge on any atom is -0.322 e. The van der Waals surface area contributed by atoms with Crippen LogP contribution >= 0.6 is 0 Å². The zero-order valence-electron chi connectivity index (χ0n) is 13.8. The van der Waals surface area contributed by atoms with Crippen LogP contribution in [0.4, 0.5) is 5.69 Å². The zero-order chi connectivity index (χ0) is 17.7. The van der Waals surface area contributed by atoms with Gasteiger partial charge in [0.05, 0.1) is 9.79 Å². The molecule has 0 saturated carbocycles. The van der Waals surface area contributed by atoms with Gasteiger partial charge in [0.2, 0.25) is 15.7 Å². The summed E-state index contributed by atoms with van der Waals surface area (Å²) in [5, 5.41) is 2.57. The third-order valence-corrected chi connectivity index (χ3v) is 5.74. The van der Waals surface area contributed by atoms with E-state index >= 15 is 0 Å². The molecular weight excluding hydrogens is 322 g/mol. The van der Waals surface area contributed by atoms with Crippen molar-refractivity contribution >= 4 is 21.4 Å². The van der Waals surface area contributed by atoms with E-state index in [1.165, 1.54) is 12.1 Å². The van der Waals surface area contributed by atoms with Crippen molar-refractivity contribution in [1.82, 2.24) is 0 Å². The van der Waals surface area contributed by atoms with Crippen LogP contribution in [0.5, 0.6) is 0 Å². The Morgan fingerprint density at radius 2 is 1.83 bits per heavy atom. The van der Waals surface area contributed by atoms with E-state index in [0.717, 1.165) is 18.1 Å². The molecule has 0 saturated heterocycles. The highest BCUT2D eigenvalue weighted by atomic mass is 32.2. The van der Waals surface area contributed by atoms with E-state index in [-0.39, 0.29) is 15.7 Å². The average molecular weight is 343 g/mol. The molecule has 1 amide bonds. The Balaban J connectivity index is 2.35. The molecule has 0 fully saturated rings. The van der Waals surface area contributed by atoms with Crippen molar-refractivity contribution in [1.29, 1.82) is 0 Å². The summed E-state index contributed by atoms with van der Waals surface area (Å²) in [6.45, 7) is 7.58. The van der Waals surface area contributed by atoms with Crippen molar-refractivity contribution in [2.45, 2.75) is 36.0 Å². The van der Waals surface area contributed by atoms with Gasteiger partial charge in [-0.2, -0.15) is 0 Å². The molecule has 1 unspecified atom stereocenters. The second kappa shape index (κ2) is 7.45. The van der Waals surface area contributed by atoms with E-state index in [1.54, 1.807) is 24.3 Å². The van der Waals surface area contributed by atoms with Crippen molar-refractivity contribution < 1.29 is 13.2 Å². The summed E-state index contributed by atoms with van der Waals surface area (Å²) in [4.78, 5) is 11.7. The van der Waals surface area contributed by atoms with E-state index in [2.05, 4.69) is 25.7 Å². The number of rotatable bonds is 6. The van der Waals surface area contributed by atoms with Crippen LogP contribution in [0.2, 0.25) is 0 Å². The smallest absolute Gasteiger partial charge is 0.247 e. The Morgan fingerprint density at radius 1 is 1.17 bits per heavy atom. The zero-order valence-corrected chi connectivity index (χ0v) is 14.6. The minimum atomic E-state index is -3.63.